The van der Waals surface area contributed by atoms with Crippen molar-refractivity contribution in [2.45, 2.75) is 0 Å². The number of nitrogens with zero attached hydrogens (tertiary/aromatic N) is 3. The van der Waals surface area contributed by atoms with E-state index in [-0.39, 0.29) is 5.56 Å². The molecule has 0 aliphatic carbocycles. The Balaban J connectivity index is 2.04. The number of anilines is 1. The number of ether oxygens (including phenoxy) is 1. The summed E-state index contributed by atoms with van der Waals surface area (Å²) in [6.45, 7) is 0. The summed E-state index contributed by atoms with van der Waals surface area (Å²) in [7, 11) is 3.35. The molecule has 4 aromatic rings. The van der Waals surface area contributed by atoms with Gasteiger partial charge in [0.15, 0.2) is 5.75 Å². The van der Waals surface area contributed by atoms with Gasteiger partial charge in [-0.05, 0) is 47.0 Å². The number of fused-ring (bicyclic) bond motifs is 1. The van der Waals surface area contributed by atoms with E-state index in [1.54, 1.807) is 57.0 Å². The minimum absolute atomic E-state index is 0.225. The van der Waals surface area contributed by atoms with Crippen LogP contribution in [0.3, 0.4) is 0 Å². The first-order valence-electron chi connectivity index (χ1n) is 8.92. The Hall–Kier alpha value is -4.00. The third kappa shape index (κ3) is 3.34. The molecular weight excluding hydrogens is 368 g/mol. The van der Waals surface area contributed by atoms with Crippen molar-refractivity contribution >= 4 is 22.8 Å². The van der Waals surface area contributed by atoms with Crippen molar-refractivity contribution in [3.8, 4) is 28.0 Å². The number of methoxy groups -OCH3 is 1. The number of benzene rings is 2. The van der Waals surface area contributed by atoms with Gasteiger partial charge in [0, 0.05) is 36.6 Å². The third-order valence-corrected chi connectivity index (χ3v) is 4.69. The van der Waals surface area contributed by atoms with Gasteiger partial charge in [0.25, 0.3) is 0 Å². The SMILES string of the molecule is CNc1ncc2c(-c3ccncc3)cc(-c3ccc(C(=O)O)cc3)c(OC)c2n1. The van der Waals surface area contributed by atoms with Crippen LogP contribution in [0.15, 0.2) is 61.1 Å². The fourth-order valence-corrected chi connectivity index (χ4v) is 3.27. The molecule has 0 atom stereocenters. The molecule has 0 amide bonds. The molecule has 7 nitrogen and oxygen atoms in total. The molecule has 0 bridgehead atoms. The highest BCUT2D eigenvalue weighted by Gasteiger charge is 2.18. The molecule has 0 aliphatic rings. The monoisotopic (exact) mass is 386 g/mol. The topological polar surface area (TPSA) is 97.2 Å². The van der Waals surface area contributed by atoms with Gasteiger partial charge in [0.1, 0.15) is 5.52 Å². The number of hydrogen-bond acceptors (Lipinski definition) is 6. The molecule has 0 aliphatic heterocycles. The van der Waals surface area contributed by atoms with E-state index < -0.39 is 5.97 Å². The average molecular weight is 386 g/mol. The number of carbonyl (C=O) groups is 1. The lowest BCUT2D eigenvalue weighted by Gasteiger charge is -2.16. The van der Waals surface area contributed by atoms with Crippen molar-refractivity contribution < 1.29 is 14.6 Å². The van der Waals surface area contributed by atoms with Crippen LogP contribution in [0.5, 0.6) is 5.75 Å². The number of pyridine rings is 1. The van der Waals surface area contributed by atoms with Crippen LogP contribution in [0.2, 0.25) is 0 Å². The van der Waals surface area contributed by atoms with Gasteiger partial charge in [-0.1, -0.05) is 12.1 Å². The van der Waals surface area contributed by atoms with Gasteiger partial charge in [0.05, 0.1) is 12.7 Å². The minimum atomic E-state index is -0.967. The molecule has 29 heavy (non-hydrogen) atoms. The maximum Gasteiger partial charge on any atom is 0.335 e. The van der Waals surface area contributed by atoms with Crippen LogP contribution in [0.1, 0.15) is 10.4 Å². The zero-order valence-electron chi connectivity index (χ0n) is 15.9. The highest BCUT2D eigenvalue weighted by molar-refractivity contribution is 6.03. The van der Waals surface area contributed by atoms with Gasteiger partial charge in [-0.25, -0.2) is 14.8 Å². The van der Waals surface area contributed by atoms with E-state index in [0.29, 0.717) is 17.2 Å². The maximum atomic E-state index is 11.2. The number of aromatic carboxylic acids is 1. The zero-order chi connectivity index (χ0) is 20.4. The van der Waals surface area contributed by atoms with Crippen LogP contribution >= 0.6 is 0 Å². The highest BCUT2D eigenvalue weighted by Crippen LogP contribution is 2.41. The molecular formula is C22H18N4O3. The van der Waals surface area contributed by atoms with Crippen molar-refractivity contribution in [1.82, 2.24) is 15.0 Å². The second-order valence-electron chi connectivity index (χ2n) is 6.33. The summed E-state index contributed by atoms with van der Waals surface area (Å²) in [6, 6.07) is 12.5. The Bertz CT molecular complexity index is 1190. The molecule has 2 N–H and O–H groups in total. The lowest BCUT2D eigenvalue weighted by molar-refractivity contribution is 0.0697. The first-order chi connectivity index (χ1) is 14.1. The van der Waals surface area contributed by atoms with E-state index in [1.165, 1.54) is 0 Å². The summed E-state index contributed by atoms with van der Waals surface area (Å²) in [5.74, 6) is 0.112. The molecule has 0 spiro atoms. The van der Waals surface area contributed by atoms with E-state index in [2.05, 4.69) is 20.3 Å². The molecule has 0 unspecified atom stereocenters. The Kier molecular flexibility index (Phi) is 4.78. The van der Waals surface area contributed by atoms with Gasteiger partial charge in [-0.2, -0.15) is 0 Å². The molecule has 144 valence electrons. The normalized spacial score (nSPS) is 10.7. The van der Waals surface area contributed by atoms with Gasteiger partial charge in [0.2, 0.25) is 5.95 Å². The summed E-state index contributed by atoms with van der Waals surface area (Å²) in [5, 5.41) is 13.0. The summed E-state index contributed by atoms with van der Waals surface area (Å²) in [4.78, 5) is 24.3. The number of nitrogens with one attached hydrogen (secondary N) is 1. The fourth-order valence-electron chi connectivity index (χ4n) is 3.27. The molecule has 2 aromatic carbocycles. The lowest BCUT2D eigenvalue weighted by Crippen LogP contribution is -2.00. The largest absolute Gasteiger partial charge is 0.494 e. The fraction of sp³-hybridized carbons (Fsp3) is 0.0909. The maximum absolute atomic E-state index is 11.2. The molecule has 0 saturated carbocycles. The van der Waals surface area contributed by atoms with Crippen molar-refractivity contribution in [1.29, 1.82) is 0 Å². The molecule has 0 saturated heterocycles. The number of carboxylic acids is 1. The Morgan fingerprint density at radius 3 is 2.34 bits per heavy atom. The second-order valence-corrected chi connectivity index (χ2v) is 6.33. The zero-order valence-corrected chi connectivity index (χ0v) is 15.9. The quantitative estimate of drug-likeness (QED) is 0.533. The van der Waals surface area contributed by atoms with E-state index in [0.717, 1.165) is 27.6 Å². The minimum Gasteiger partial charge on any atom is -0.494 e. The second kappa shape index (κ2) is 7.55. The molecule has 7 heteroatoms. The summed E-state index contributed by atoms with van der Waals surface area (Å²) in [5.41, 5.74) is 4.43. The predicted octanol–water partition coefficient (Wildman–Crippen LogP) is 4.11. The molecule has 0 fully saturated rings. The van der Waals surface area contributed by atoms with Crippen molar-refractivity contribution in [2.24, 2.45) is 0 Å². The van der Waals surface area contributed by atoms with Gasteiger partial charge in [-0.3, -0.25) is 4.98 Å². The lowest BCUT2D eigenvalue weighted by atomic mass is 9.94. The van der Waals surface area contributed by atoms with E-state index in [4.69, 9.17) is 4.74 Å². The number of carboxylic acid groups (broad SMARTS) is 1. The van der Waals surface area contributed by atoms with E-state index in [1.807, 2.05) is 18.2 Å². The predicted molar refractivity (Wildman–Crippen MR) is 111 cm³/mol. The van der Waals surface area contributed by atoms with Crippen LogP contribution in [0, 0.1) is 0 Å². The van der Waals surface area contributed by atoms with Crippen LogP contribution in [0.25, 0.3) is 33.2 Å². The van der Waals surface area contributed by atoms with Crippen LogP contribution < -0.4 is 10.1 Å². The van der Waals surface area contributed by atoms with Crippen molar-refractivity contribution in [3.63, 3.8) is 0 Å². The average Bonchev–Trinajstić information content (AvgIpc) is 2.78. The van der Waals surface area contributed by atoms with Crippen LogP contribution in [-0.4, -0.2) is 40.2 Å². The van der Waals surface area contributed by atoms with Crippen molar-refractivity contribution in [3.05, 3.63) is 66.6 Å². The Morgan fingerprint density at radius 1 is 1.03 bits per heavy atom. The van der Waals surface area contributed by atoms with Gasteiger partial charge < -0.3 is 15.2 Å². The van der Waals surface area contributed by atoms with Gasteiger partial charge >= 0.3 is 5.97 Å². The molecule has 2 heterocycles. The Labute approximate surface area is 167 Å². The molecule has 2 aromatic heterocycles. The van der Waals surface area contributed by atoms with E-state index >= 15 is 0 Å². The smallest absolute Gasteiger partial charge is 0.335 e. The highest BCUT2D eigenvalue weighted by atomic mass is 16.5. The molecule has 4 rings (SSSR count). The van der Waals surface area contributed by atoms with Crippen LogP contribution in [-0.2, 0) is 0 Å². The summed E-state index contributed by atoms with van der Waals surface area (Å²) < 4.78 is 5.73. The Morgan fingerprint density at radius 2 is 1.72 bits per heavy atom. The van der Waals surface area contributed by atoms with Crippen LogP contribution in [0.4, 0.5) is 5.95 Å². The van der Waals surface area contributed by atoms with Crippen molar-refractivity contribution in [2.75, 3.05) is 19.5 Å². The molecule has 0 radical (unpaired) electrons. The first kappa shape index (κ1) is 18.4. The third-order valence-electron chi connectivity index (χ3n) is 4.69. The number of rotatable bonds is 5. The summed E-state index contributed by atoms with van der Waals surface area (Å²) in [6.07, 6.45) is 5.23. The summed E-state index contributed by atoms with van der Waals surface area (Å²) >= 11 is 0. The van der Waals surface area contributed by atoms with E-state index in [9.17, 15) is 9.90 Å². The number of hydrogen-bond donors (Lipinski definition) is 2. The number of aromatic nitrogens is 3. The standard InChI is InChI=1S/C22H18N4O3/c1-23-22-25-12-18-16(14-7-9-24-10-8-14)11-17(20(29-2)19(18)26-22)13-3-5-15(6-4-13)21(27)28/h3-12H,1-2H3,(H,27,28)(H,23,25,26). The first-order valence-corrected chi connectivity index (χ1v) is 8.92. The van der Waals surface area contributed by atoms with Gasteiger partial charge in [-0.15, -0.1) is 0 Å².